The summed E-state index contributed by atoms with van der Waals surface area (Å²) < 4.78 is 15.8. The summed E-state index contributed by atoms with van der Waals surface area (Å²) in [5.74, 6) is -1.73. The number of nitrogens with zero attached hydrogens (tertiary/aromatic N) is 1. The van der Waals surface area contributed by atoms with E-state index in [1.54, 1.807) is 11.5 Å². The summed E-state index contributed by atoms with van der Waals surface area (Å²) in [6, 6.07) is 1.26. The topological polar surface area (TPSA) is 59.3 Å². The van der Waals surface area contributed by atoms with Gasteiger partial charge < -0.3 is 9.67 Å². The van der Waals surface area contributed by atoms with E-state index in [0.29, 0.717) is 17.5 Å². The van der Waals surface area contributed by atoms with Crippen LogP contribution in [0.2, 0.25) is 0 Å². The zero-order valence-corrected chi connectivity index (χ0v) is 11.2. The number of hydrogen-bond acceptors (Lipinski definition) is 2. The highest BCUT2D eigenvalue weighted by atomic mass is 19.1. The highest BCUT2D eigenvalue weighted by Gasteiger charge is 2.25. The second-order valence-electron chi connectivity index (χ2n) is 5.33. The number of carboxylic acids is 1. The molecule has 1 N–H and O–H groups in total. The molecule has 0 saturated carbocycles. The minimum atomic E-state index is -1.28. The van der Waals surface area contributed by atoms with Crippen LogP contribution in [0.15, 0.2) is 17.1 Å². The van der Waals surface area contributed by atoms with Gasteiger partial charge in [0.05, 0.1) is 5.52 Å². The number of aromatic carboxylic acids is 1. The molecule has 0 saturated heterocycles. The molecule has 1 aromatic carbocycles. The summed E-state index contributed by atoms with van der Waals surface area (Å²) in [7, 11) is 0. The lowest BCUT2D eigenvalue weighted by molar-refractivity contribution is 0.0694. The standard InChI is InChI=1S/C15H14FNO3/c1-7-3-4-9-8(2)12(16)5-10-13(9)17(7)6-11(14(10)18)15(19)20/h5-7H,3-4H2,1-2H3,(H,19,20)/t7-/m1/s1. The van der Waals surface area contributed by atoms with E-state index in [9.17, 15) is 14.0 Å². The number of pyridine rings is 1. The zero-order chi connectivity index (χ0) is 14.6. The summed E-state index contributed by atoms with van der Waals surface area (Å²) in [6.07, 6.45) is 2.89. The number of rotatable bonds is 1. The summed E-state index contributed by atoms with van der Waals surface area (Å²) in [4.78, 5) is 23.4. The van der Waals surface area contributed by atoms with Crippen molar-refractivity contribution >= 4 is 16.9 Å². The van der Waals surface area contributed by atoms with Crippen LogP contribution in [0.5, 0.6) is 0 Å². The maximum atomic E-state index is 14.0. The van der Waals surface area contributed by atoms with Crippen LogP contribution in [0, 0.1) is 12.7 Å². The predicted octanol–water partition coefficient (Wildman–Crippen LogP) is 2.65. The van der Waals surface area contributed by atoms with Crippen LogP contribution in [-0.4, -0.2) is 15.6 Å². The average molecular weight is 275 g/mol. The SMILES string of the molecule is Cc1c(F)cc2c(=O)c(C(=O)O)cn3c2c1CC[C@H]3C. The molecule has 0 amide bonds. The molecule has 2 aromatic rings. The Balaban J connectivity index is 2.57. The lowest BCUT2D eigenvalue weighted by Crippen LogP contribution is -2.24. The molecule has 4 nitrogen and oxygen atoms in total. The van der Waals surface area contributed by atoms with Crippen molar-refractivity contribution in [1.82, 2.24) is 4.57 Å². The lowest BCUT2D eigenvalue weighted by atomic mass is 9.92. The second-order valence-corrected chi connectivity index (χ2v) is 5.33. The third-order valence-corrected chi connectivity index (χ3v) is 4.16. The van der Waals surface area contributed by atoms with E-state index in [2.05, 4.69) is 0 Å². The molecule has 0 radical (unpaired) electrons. The van der Waals surface area contributed by atoms with E-state index in [4.69, 9.17) is 5.11 Å². The van der Waals surface area contributed by atoms with Crippen molar-refractivity contribution in [2.45, 2.75) is 32.7 Å². The smallest absolute Gasteiger partial charge is 0.341 e. The van der Waals surface area contributed by atoms with Gasteiger partial charge in [-0.05, 0) is 43.9 Å². The van der Waals surface area contributed by atoms with E-state index in [0.717, 1.165) is 18.1 Å². The molecule has 1 aromatic heterocycles. The first-order valence-corrected chi connectivity index (χ1v) is 6.52. The maximum Gasteiger partial charge on any atom is 0.341 e. The Morgan fingerprint density at radius 3 is 2.85 bits per heavy atom. The molecule has 0 unspecified atom stereocenters. The van der Waals surface area contributed by atoms with E-state index < -0.39 is 17.2 Å². The van der Waals surface area contributed by atoms with E-state index in [1.807, 2.05) is 6.92 Å². The molecule has 1 atom stereocenters. The van der Waals surface area contributed by atoms with Crippen LogP contribution < -0.4 is 5.43 Å². The third kappa shape index (κ3) is 1.59. The van der Waals surface area contributed by atoms with Crippen molar-refractivity contribution in [3.63, 3.8) is 0 Å². The number of aromatic nitrogens is 1. The number of benzene rings is 1. The number of halogens is 1. The van der Waals surface area contributed by atoms with Gasteiger partial charge >= 0.3 is 5.97 Å². The average Bonchev–Trinajstić information content (AvgIpc) is 2.39. The van der Waals surface area contributed by atoms with Crippen LogP contribution in [-0.2, 0) is 6.42 Å². The van der Waals surface area contributed by atoms with Gasteiger partial charge in [0, 0.05) is 17.6 Å². The fraction of sp³-hybridized carbons (Fsp3) is 0.333. The summed E-state index contributed by atoms with van der Waals surface area (Å²) >= 11 is 0. The third-order valence-electron chi connectivity index (χ3n) is 4.16. The van der Waals surface area contributed by atoms with E-state index >= 15 is 0 Å². The molecular weight excluding hydrogens is 261 g/mol. The molecule has 2 heterocycles. The predicted molar refractivity (Wildman–Crippen MR) is 72.9 cm³/mol. The van der Waals surface area contributed by atoms with Crippen LogP contribution >= 0.6 is 0 Å². The van der Waals surface area contributed by atoms with Crippen molar-refractivity contribution in [3.05, 3.63) is 45.0 Å². The fourth-order valence-electron chi connectivity index (χ4n) is 2.96. The van der Waals surface area contributed by atoms with Gasteiger partial charge in [-0.25, -0.2) is 9.18 Å². The highest BCUT2D eigenvalue weighted by molar-refractivity contribution is 5.94. The zero-order valence-electron chi connectivity index (χ0n) is 11.2. The number of aryl methyl sites for hydroxylation is 1. The van der Waals surface area contributed by atoms with Gasteiger partial charge in [-0.3, -0.25) is 4.79 Å². The Morgan fingerprint density at radius 2 is 2.20 bits per heavy atom. The largest absolute Gasteiger partial charge is 0.477 e. The molecule has 1 aliphatic heterocycles. The molecule has 20 heavy (non-hydrogen) atoms. The molecule has 104 valence electrons. The lowest BCUT2D eigenvalue weighted by Gasteiger charge is -2.27. The van der Waals surface area contributed by atoms with Crippen LogP contribution in [0.25, 0.3) is 10.9 Å². The van der Waals surface area contributed by atoms with Gasteiger partial charge in [-0.1, -0.05) is 0 Å². The van der Waals surface area contributed by atoms with Crippen LogP contribution in [0.3, 0.4) is 0 Å². The summed E-state index contributed by atoms with van der Waals surface area (Å²) in [5.41, 5.74) is 1.11. The van der Waals surface area contributed by atoms with Crippen LogP contribution in [0.4, 0.5) is 4.39 Å². The first-order chi connectivity index (χ1) is 9.41. The molecule has 1 aliphatic rings. The van der Waals surface area contributed by atoms with Crippen molar-refractivity contribution in [2.75, 3.05) is 0 Å². The first-order valence-electron chi connectivity index (χ1n) is 6.52. The Morgan fingerprint density at radius 1 is 1.50 bits per heavy atom. The molecular formula is C15H14FNO3. The van der Waals surface area contributed by atoms with Crippen molar-refractivity contribution in [3.8, 4) is 0 Å². The highest BCUT2D eigenvalue weighted by Crippen LogP contribution is 2.33. The van der Waals surface area contributed by atoms with Crippen LogP contribution in [0.1, 0.15) is 40.9 Å². The van der Waals surface area contributed by atoms with E-state index in [-0.39, 0.29) is 17.0 Å². The van der Waals surface area contributed by atoms with Gasteiger partial charge in [-0.15, -0.1) is 0 Å². The molecule has 5 heteroatoms. The summed E-state index contributed by atoms with van der Waals surface area (Å²) in [6.45, 7) is 3.66. The monoisotopic (exact) mass is 275 g/mol. The Kier molecular flexibility index (Phi) is 2.67. The number of hydrogen-bond donors (Lipinski definition) is 1. The maximum absolute atomic E-state index is 14.0. The van der Waals surface area contributed by atoms with Crippen molar-refractivity contribution < 1.29 is 14.3 Å². The Hall–Kier alpha value is -2.17. The van der Waals surface area contributed by atoms with Crippen molar-refractivity contribution in [2.24, 2.45) is 0 Å². The Bertz CT molecular complexity index is 807. The molecule has 0 fully saturated rings. The molecule has 0 aliphatic carbocycles. The number of carboxylic acid groups (broad SMARTS) is 1. The molecule has 3 rings (SSSR count). The quantitative estimate of drug-likeness (QED) is 0.870. The summed E-state index contributed by atoms with van der Waals surface area (Å²) in [5, 5.41) is 9.30. The number of carbonyl (C=O) groups is 1. The van der Waals surface area contributed by atoms with Gasteiger partial charge in [0.1, 0.15) is 11.4 Å². The Labute approximate surface area is 114 Å². The molecule has 0 spiro atoms. The minimum absolute atomic E-state index is 0.0913. The fourth-order valence-corrected chi connectivity index (χ4v) is 2.96. The normalized spacial score (nSPS) is 17.4. The van der Waals surface area contributed by atoms with Gasteiger partial charge in [-0.2, -0.15) is 0 Å². The van der Waals surface area contributed by atoms with Crippen molar-refractivity contribution in [1.29, 1.82) is 0 Å². The van der Waals surface area contributed by atoms with Gasteiger partial charge in [0.15, 0.2) is 0 Å². The second kappa shape index (κ2) is 4.16. The first kappa shape index (κ1) is 12.8. The van der Waals surface area contributed by atoms with Gasteiger partial charge in [0.2, 0.25) is 5.43 Å². The van der Waals surface area contributed by atoms with Gasteiger partial charge in [0.25, 0.3) is 0 Å². The molecule has 0 bridgehead atoms. The minimum Gasteiger partial charge on any atom is -0.477 e. The van der Waals surface area contributed by atoms with E-state index in [1.165, 1.54) is 6.20 Å².